The molecule has 0 aliphatic heterocycles. The van der Waals surface area contributed by atoms with Crippen LogP contribution >= 0.6 is 27.7 Å². The van der Waals surface area contributed by atoms with Crippen LogP contribution in [0.25, 0.3) is 0 Å². The first-order valence-electron chi connectivity index (χ1n) is 5.01. The molecule has 17 heavy (non-hydrogen) atoms. The van der Waals surface area contributed by atoms with E-state index in [2.05, 4.69) is 15.9 Å². The van der Waals surface area contributed by atoms with E-state index in [1.54, 1.807) is 24.3 Å². The Bertz CT molecular complexity index is 531. The van der Waals surface area contributed by atoms with Gasteiger partial charge in [-0.15, -0.1) is 11.8 Å². The second-order valence-corrected chi connectivity index (χ2v) is 5.49. The lowest BCUT2D eigenvalue weighted by molar-refractivity contribution is 0.474. The molecule has 0 amide bonds. The van der Waals surface area contributed by atoms with Crippen LogP contribution < -0.4 is 0 Å². The lowest BCUT2D eigenvalue weighted by Gasteiger charge is -2.04. The Morgan fingerprint density at radius 1 is 1.18 bits per heavy atom. The predicted molar refractivity (Wildman–Crippen MR) is 71.8 cm³/mol. The maximum Gasteiger partial charge on any atom is 0.128 e. The third-order valence-corrected chi connectivity index (χ3v) is 3.76. The molecule has 0 atom stereocenters. The van der Waals surface area contributed by atoms with Gasteiger partial charge >= 0.3 is 0 Å². The fourth-order valence-corrected chi connectivity index (χ4v) is 2.64. The highest BCUT2D eigenvalue weighted by molar-refractivity contribution is 9.10. The SMILES string of the molecule is Oc1cccc(SCc2ccc(Br)cc2F)c1. The minimum absolute atomic E-state index is 0.216. The van der Waals surface area contributed by atoms with Crippen molar-refractivity contribution in [1.82, 2.24) is 0 Å². The van der Waals surface area contributed by atoms with Gasteiger partial charge in [0.05, 0.1) is 0 Å². The maximum atomic E-state index is 13.5. The topological polar surface area (TPSA) is 20.2 Å². The number of hydrogen-bond acceptors (Lipinski definition) is 2. The van der Waals surface area contributed by atoms with Gasteiger partial charge in [-0.2, -0.15) is 0 Å². The molecule has 0 heterocycles. The number of phenolic OH excluding ortho intramolecular Hbond substituents is 1. The van der Waals surface area contributed by atoms with Gasteiger partial charge in [-0.05, 0) is 35.9 Å². The molecular weight excluding hydrogens is 303 g/mol. The summed E-state index contributed by atoms with van der Waals surface area (Å²) >= 11 is 4.71. The van der Waals surface area contributed by atoms with Gasteiger partial charge in [0.15, 0.2) is 0 Å². The fraction of sp³-hybridized carbons (Fsp3) is 0.0769. The van der Waals surface area contributed by atoms with Gasteiger partial charge in [0, 0.05) is 15.1 Å². The van der Waals surface area contributed by atoms with Crippen molar-refractivity contribution in [1.29, 1.82) is 0 Å². The fourth-order valence-electron chi connectivity index (χ4n) is 1.37. The number of phenols is 1. The Labute approximate surface area is 112 Å². The predicted octanol–water partition coefficient (Wildman–Crippen LogP) is 4.59. The van der Waals surface area contributed by atoms with E-state index >= 15 is 0 Å². The molecule has 0 aromatic heterocycles. The Hall–Kier alpha value is -1.00. The molecule has 1 N–H and O–H groups in total. The van der Waals surface area contributed by atoms with E-state index in [9.17, 15) is 9.50 Å². The number of thioether (sulfide) groups is 1. The number of benzene rings is 2. The van der Waals surface area contributed by atoms with Crippen molar-refractivity contribution in [3.63, 3.8) is 0 Å². The van der Waals surface area contributed by atoms with Crippen LogP contribution in [0.15, 0.2) is 51.8 Å². The third kappa shape index (κ3) is 3.48. The van der Waals surface area contributed by atoms with Crippen LogP contribution in [0.1, 0.15) is 5.56 Å². The summed E-state index contributed by atoms with van der Waals surface area (Å²) in [6.07, 6.45) is 0. The zero-order valence-electron chi connectivity index (χ0n) is 8.86. The molecule has 0 saturated carbocycles. The summed E-state index contributed by atoms with van der Waals surface area (Å²) in [4.78, 5) is 0.923. The summed E-state index contributed by atoms with van der Waals surface area (Å²) in [5.41, 5.74) is 0.654. The molecule has 0 unspecified atom stereocenters. The molecule has 0 spiro atoms. The minimum atomic E-state index is -0.216. The van der Waals surface area contributed by atoms with Crippen LogP contribution in [0.2, 0.25) is 0 Å². The Balaban J connectivity index is 2.07. The average molecular weight is 313 g/mol. The lowest BCUT2D eigenvalue weighted by atomic mass is 10.2. The molecule has 0 bridgehead atoms. The number of halogens is 2. The molecular formula is C13H10BrFOS. The van der Waals surface area contributed by atoms with Crippen molar-refractivity contribution in [3.05, 3.63) is 58.3 Å². The van der Waals surface area contributed by atoms with Crippen LogP contribution in [0.3, 0.4) is 0 Å². The third-order valence-electron chi connectivity index (χ3n) is 2.23. The second kappa shape index (κ2) is 5.56. The largest absolute Gasteiger partial charge is 0.508 e. The summed E-state index contributed by atoms with van der Waals surface area (Å²) in [7, 11) is 0. The molecule has 88 valence electrons. The highest BCUT2D eigenvalue weighted by Crippen LogP contribution is 2.27. The molecule has 0 radical (unpaired) electrons. The van der Waals surface area contributed by atoms with E-state index in [1.165, 1.54) is 17.8 Å². The van der Waals surface area contributed by atoms with E-state index in [1.807, 2.05) is 12.1 Å². The minimum Gasteiger partial charge on any atom is -0.508 e. The normalized spacial score (nSPS) is 10.5. The van der Waals surface area contributed by atoms with Gasteiger partial charge in [0.25, 0.3) is 0 Å². The van der Waals surface area contributed by atoms with Gasteiger partial charge in [0.2, 0.25) is 0 Å². The van der Waals surface area contributed by atoms with Crippen LogP contribution in [-0.2, 0) is 5.75 Å². The Morgan fingerprint density at radius 2 is 2.00 bits per heavy atom. The van der Waals surface area contributed by atoms with Crippen molar-refractivity contribution < 1.29 is 9.50 Å². The van der Waals surface area contributed by atoms with Crippen molar-refractivity contribution >= 4 is 27.7 Å². The van der Waals surface area contributed by atoms with Gasteiger partial charge in [0.1, 0.15) is 11.6 Å². The van der Waals surface area contributed by atoms with Gasteiger partial charge in [-0.3, -0.25) is 0 Å². The summed E-state index contributed by atoms with van der Waals surface area (Å²) in [6.45, 7) is 0. The molecule has 0 aliphatic rings. The number of aromatic hydroxyl groups is 1. The molecule has 1 nitrogen and oxygen atoms in total. The highest BCUT2D eigenvalue weighted by atomic mass is 79.9. The van der Waals surface area contributed by atoms with E-state index in [4.69, 9.17) is 0 Å². The summed E-state index contributed by atoms with van der Waals surface area (Å²) in [5.74, 6) is 0.557. The maximum absolute atomic E-state index is 13.5. The highest BCUT2D eigenvalue weighted by Gasteiger charge is 2.04. The van der Waals surface area contributed by atoms with Crippen molar-refractivity contribution in [2.24, 2.45) is 0 Å². The molecule has 0 saturated heterocycles. The zero-order chi connectivity index (χ0) is 12.3. The van der Waals surface area contributed by atoms with E-state index in [0.717, 1.165) is 9.37 Å². The Kier molecular flexibility index (Phi) is 4.07. The van der Waals surface area contributed by atoms with E-state index in [0.29, 0.717) is 11.3 Å². The quantitative estimate of drug-likeness (QED) is 0.837. The number of hydrogen-bond donors (Lipinski definition) is 1. The first kappa shape index (κ1) is 12.5. The lowest BCUT2D eigenvalue weighted by Crippen LogP contribution is -1.87. The molecule has 2 aromatic rings. The van der Waals surface area contributed by atoms with Crippen LogP contribution in [-0.4, -0.2) is 5.11 Å². The first-order valence-corrected chi connectivity index (χ1v) is 6.79. The van der Waals surface area contributed by atoms with Gasteiger partial charge < -0.3 is 5.11 Å². The molecule has 0 aliphatic carbocycles. The van der Waals surface area contributed by atoms with Crippen molar-refractivity contribution in [2.45, 2.75) is 10.6 Å². The molecule has 0 fully saturated rings. The van der Waals surface area contributed by atoms with Gasteiger partial charge in [-0.1, -0.05) is 28.1 Å². The standard InChI is InChI=1S/C13H10BrFOS/c14-10-5-4-9(13(15)6-10)8-17-12-3-1-2-11(16)7-12/h1-7,16H,8H2. The molecule has 4 heteroatoms. The van der Waals surface area contributed by atoms with E-state index < -0.39 is 0 Å². The summed E-state index contributed by atoms with van der Waals surface area (Å²) in [5, 5.41) is 9.31. The van der Waals surface area contributed by atoms with Crippen LogP contribution in [0.5, 0.6) is 5.75 Å². The Morgan fingerprint density at radius 3 is 2.71 bits per heavy atom. The van der Waals surface area contributed by atoms with Crippen molar-refractivity contribution in [3.8, 4) is 5.75 Å². The smallest absolute Gasteiger partial charge is 0.128 e. The van der Waals surface area contributed by atoms with Crippen LogP contribution in [0.4, 0.5) is 4.39 Å². The summed E-state index contributed by atoms with van der Waals surface area (Å²) in [6, 6.07) is 12.0. The molecule has 2 rings (SSSR count). The van der Waals surface area contributed by atoms with Crippen molar-refractivity contribution in [2.75, 3.05) is 0 Å². The number of rotatable bonds is 3. The van der Waals surface area contributed by atoms with E-state index in [-0.39, 0.29) is 11.6 Å². The average Bonchev–Trinajstić information content (AvgIpc) is 2.28. The molecule has 2 aromatic carbocycles. The second-order valence-electron chi connectivity index (χ2n) is 3.52. The first-order chi connectivity index (χ1) is 8.15. The van der Waals surface area contributed by atoms with Gasteiger partial charge in [-0.25, -0.2) is 4.39 Å². The van der Waals surface area contributed by atoms with Crippen LogP contribution in [0, 0.1) is 5.82 Å². The summed E-state index contributed by atoms with van der Waals surface area (Å²) < 4.78 is 14.3. The monoisotopic (exact) mass is 312 g/mol. The zero-order valence-corrected chi connectivity index (χ0v) is 11.3.